The highest BCUT2D eigenvalue weighted by atomic mass is 16.5. The molecule has 5 nitrogen and oxygen atoms in total. The number of ether oxygens (including phenoxy) is 1. The van der Waals surface area contributed by atoms with Crippen molar-refractivity contribution in [1.82, 2.24) is 4.57 Å². The van der Waals surface area contributed by atoms with Crippen LogP contribution in [0.4, 0.5) is 5.69 Å². The normalized spacial score (nSPS) is 13.8. The van der Waals surface area contributed by atoms with Gasteiger partial charge in [-0.2, -0.15) is 0 Å². The van der Waals surface area contributed by atoms with Crippen LogP contribution in [0.2, 0.25) is 0 Å². The molecule has 0 unspecified atom stereocenters. The zero-order valence-corrected chi connectivity index (χ0v) is 16.3. The van der Waals surface area contributed by atoms with Crippen molar-refractivity contribution < 1.29 is 14.3 Å². The molecule has 1 aliphatic rings. The Morgan fingerprint density at radius 3 is 2.63 bits per heavy atom. The van der Waals surface area contributed by atoms with Crippen molar-refractivity contribution >= 4 is 23.6 Å². The third-order valence-corrected chi connectivity index (χ3v) is 4.85. The van der Waals surface area contributed by atoms with E-state index in [1.165, 1.54) is 24.6 Å². The fourth-order valence-corrected chi connectivity index (χ4v) is 3.27. The molecule has 0 aliphatic heterocycles. The van der Waals surface area contributed by atoms with Gasteiger partial charge in [0.1, 0.15) is 0 Å². The summed E-state index contributed by atoms with van der Waals surface area (Å²) in [5, 5.41) is 2.78. The van der Waals surface area contributed by atoms with E-state index in [2.05, 4.69) is 29.8 Å². The van der Waals surface area contributed by atoms with Crippen molar-refractivity contribution in [2.45, 2.75) is 46.6 Å². The molecule has 1 fully saturated rings. The van der Waals surface area contributed by atoms with E-state index in [4.69, 9.17) is 4.74 Å². The second-order valence-corrected chi connectivity index (χ2v) is 7.24. The summed E-state index contributed by atoms with van der Waals surface area (Å²) in [7, 11) is 0. The van der Waals surface area contributed by atoms with Crippen LogP contribution in [-0.2, 0) is 14.3 Å². The number of aromatic nitrogens is 1. The van der Waals surface area contributed by atoms with E-state index in [0.717, 1.165) is 28.1 Å². The molecule has 0 spiro atoms. The average molecular weight is 366 g/mol. The van der Waals surface area contributed by atoms with Crippen molar-refractivity contribution in [2.75, 3.05) is 11.9 Å². The molecule has 5 heteroatoms. The lowest BCUT2D eigenvalue weighted by molar-refractivity contribution is -0.142. The zero-order valence-electron chi connectivity index (χ0n) is 16.3. The van der Waals surface area contributed by atoms with Crippen LogP contribution in [0.25, 0.3) is 6.08 Å². The van der Waals surface area contributed by atoms with Crippen LogP contribution in [-0.4, -0.2) is 23.1 Å². The summed E-state index contributed by atoms with van der Waals surface area (Å²) in [6, 6.07) is 8.50. The van der Waals surface area contributed by atoms with E-state index < -0.39 is 5.97 Å². The summed E-state index contributed by atoms with van der Waals surface area (Å²) < 4.78 is 7.38. The van der Waals surface area contributed by atoms with Gasteiger partial charge in [0.2, 0.25) is 0 Å². The van der Waals surface area contributed by atoms with Crippen molar-refractivity contribution in [3.63, 3.8) is 0 Å². The molecule has 0 bridgehead atoms. The third kappa shape index (κ3) is 4.67. The number of hydrogen-bond acceptors (Lipinski definition) is 3. The molecule has 1 aliphatic carbocycles. The maximum absolute atomic E-state index is 12.0. The molecule has 142 valence electrons. The molecule has 1 N–H and O–H groups in total. The van der Waals surface area contributed by atoms with Crippen LogP contribution in [0.5, 0.6) is 0 Å². The molecule has 0 atom stereocenters. The van der Waals surface area contributed by atoms with Gasteiger partial charge in [0, 0.05) is 29.2 Å². The minimum Gasteiger partial charge on any atom is -0.452 e. The molecule has 1 heterocycles. The number of aryl methyl sites for hydroxylation is 3. The number of nitrogens with one attached hydrogen (secondary N) is 1. The van der Waals surface area contributed by atoms with Gasteiger partial charge in [0.05, 0.1) is 0 Å². The van der Waals surface area contributed by atoms with Crippen molar-refractivity contribution in [2.24, 2.45) is 0 Å². The van der Waals surface area contributed by atoms with Crippen LogP contribution < -0.4 is 5.32 Å². The summed E-state index contributed by atoms with van der Waals surface area (Å²) in [5.74, 6) is -0.875. The first-order valence-electron chi connectivity index (χ1n) is 9.25. The largest absolute Gasteiger partial charge is 0.452 e. The van der Waals surface area contributed by atoms with Crippen LogP contribution >= 0.6 is 0 Å². The number of amides is 1. The van der Waals surface area contributed by atoms with E-state index in [1.807, 2.05) is 32.0 Å². The predicted octanol–water partition coefficient (Wildman–Crippen LogP) is 4.25. The minimum atomic E-state index is -0.526. The van der Waals surface area contributed by atoms with Crippen LogP contribution in [0.1, 0.15) is 47.0 Å². The van der Waals surface area contributed by atoms with E-state index in [1.54, 1.807) is 6.08 Å². The van der Waals surface area contributed by atoms with Gasteiger partial charge in [-0.15, -0.1) is 0 Å². The summed E-state index contributed by atoms with van der Waals surface area (Å²) in [6.45, 7) is 7.71. The number of benzene rings is 1. The molecule has 3 rings (SSSR count). The van der Waals surface area contributed by atoms with Gasteiger partial charge in [0.25, 0.3) is 5.91 Å². The Kier molecular flexibility index (Phi) is 5.49. The molecule has 1 aromatic carbocycles. The molecule has 27 heavy (non-hydrogen) atoms. The fourth-order valence-electron chi connectivity index (χ4n) is 3.27. The highest BCUT2D eigenvalue weighted by molar-refractivity contribution is 5.95. The number of hydrogen-bond donors (Lipinski definition) is 1. The van der Waals surface area contributed by atoms with Crippen molar-refractivity contribution in [1.29, 1.82) is 0 Å². The van der Waals surface area contributed by atoms with E-state index in [9.17, 15) is 9.59 Å². The number of carbonyl (C=O) groups excluding carboxylic acids is 2. The summed E-state index contributed by atoms with van der Waals surface area (Å²) in [4.78, 5) is 24.0. The Bertz CT molecular complexity index is 905. The summed E-state index contributed by atoms with van der Waals surface area (Å²) >= 11 is 0. The monoisotopic (exact) mass is 366 g/mol. The maximum Gasteiger partial charge on any atom is 0.331 e. The number of anilines is 1. The Hall–Kier alpha value is -2.82. The molecular formula is C22H26N2O3. The van der Waals surface area contributed by atoms with E-state index in [0.29, 0.717) is 6.04 Å². The Balaban J connectivity index is 1.53. The summed E-state index contributed by atoms with van der Waals surface area (Å²) in [5.41, 5.74) is 6.13. The maximum atomic E-state index is 12.0. The molecule has 1 amide bonds. The minimum absolute atomic E-state index is 0.308. The van der Waals surface area contributed by atoms with Gasteiger partial charge in [-0.05, 0) is 75.4 Å². The van der Waals surface area contributed by atoms with E-state index >= 15 is 0 Å². The smallest absolute Gasteiger partial charge is 0.331 e. The zero-order chi connectivity index (χ0) is 19.6. The number of carbonyl (C=O) groups is 2. The van der Waals surface area contributed by atoms with Crippen LogP contribution in [0.15, 0.2) is 30.3 Å². The SMILES string of the molecule is Cc1ccc(C)c(NC(=O)COC(=O)/C=C/c2cc(C)n(C3CC3)c2C)c1. The lowest BCUT2D eigenvalue weighted by atomic mass is 10.1. The summed E-state index contributed by atoms with van der Waals surface area (Å²) in [6.07, 6.45) is 5.57. The van der Waals surface area contributed by atoms with Gasteiger partial charge in [-0.1, -0.05) is 12.1 Å². The van der Waals surface area contributed by atoms with Gasteiger partial charge < -0.3 is 14.6 Å². The number of rotatable bonds is 6. The highest BCUT2D eigenvalue weighted by Crippen LogP contribution is 2.38. The molecule has 1 aromatic heterocycles. The Morgan fingerprint density at radius 2 is 1.93 bits per heavy atom. The molecule has 0 saturated heterocycles. The second-order valence-electron chi connectivity index (χ2n) is 7.24. The third-order valence-electron chi connectivity index (χ3n) is 4.85. The lowest BCUT2D eigenvalue weighted by Crippen LogP contribution is -2.20. The van der Waals surface area contributed by atoms with Gasteiger partial charge in [-0.3, -0.25) is 4.79 Å². The average Bonchev–Trinajstić information content (AvgIpc) is 3.40. The number of nitrogens with zero attached hydrogens (tertiary/aromatic N) is 1. The fraction of sp³-hybridized carbons (Fsp3) is 0.364. The molecule has 2 aromatic rings. The van der Waals surface area contributed by atoms with E-state index in [-0.39, 0.29) is 12.5 Å². The van der Waals surface area contributed by atoms with Gasteiger partial charge in [-0.25, -0.2) is 4.79 Å². The van der Waals surface area contributed by atoms with Crippen LogP contribution in [0.3, 0.4) is 0 Å². The number of esters is 1. The molecule has 0 radical (unpaired) electrons. The first kappa shape index (κ1) is 19.0. The van der Waals surface area contributed by atoms with Crippen molar-refractivity contribution in [3.8, 4) is 0 Å². The van der Waals surface area contributed by atoms with Crippen molar-refractivity contribution in [3.05, 3.63) is 58.4 Å². The predicted molar refractivity (Wildman–Crippen MR) is 107 cm³/mol. The topological polar surface area (TPSA) is 60.3 Å². The first-order valence-corrected chi connectivity index (χ1v) is 9.25. The lowest BCUT2D eigenvalue weighted by Gasteiger charge is -2.09. The van der Waals surface area contributed by atoms with Gasteiger partial charge in [0.15, 0.2) is 6.61 Å². The second kappa shape index (κ2) is 7.82. The standard InChI is InChI=1S/C22H26N2O3/c1-14-5-6-15(2)20(11-14)23-21(25)13-27-22(26)10-7-18-12-16(3)24(17(18)4)19-8-9-19/h5-7,10-12,19H,8-9,13H2,1-4H3,(H,23,25)/b10-7+. The highest BCUT2D eigenvalue weighted by Gasteiger charge is 2.26. The molecular weight excluding hydrogens is 340 g/mol. The Morgan fingerprint density at radius 1 is 1.19 bits per heavy atom. The Labute approximate surface area is 160 Å². The van der Waals surface area contributed by atoms with Crippen LogP contribution in [0, 0.1) is 27.7 Å². The first-order chi connectivity index (χ1) is 12.8. The quantitative estimate of drug-likeness (QED) is 0.614. The van der Waals surface area contributed by atoms with Gasteiger partial charge >= 0.3 is 5.97 Å². The molecule has 1 saturated carbocycles.